The van der Waals surface area contributed by atoms with Crippen LogP contribution in [0.5, 0.6) is 0 Å². The van der Waals surface area contributed by atoms with Crippen LogP contribution in [0, 0.1) is 0 Å². The number of thiol groups is 2. The van der Waals surface area contributed by atoms with Gasteiger partial charge in [-0.05, 0) is 41.8 Å². The molecule has 0 rings (SSSR count). The number of hydrogen-bond acceptors (Lipinski definition) is 6. The van der Waals surface area contributed by atoms with Crippen LogP contribution in [0.2, 0.25) is 0 Å². The molecule has 0 amide bonds. The monoisotopic (exact) mass is 352 g/mol. The van der Waals surface area contributed by atoms with E-state index < -0.39 is 33.5 Å². The van der Waals surface area contributed by atoms with Gasteiger partial charge in [0.2, 0.25) is 0 Å². The van der Waals surface area contributed by atoms with Gasteiger partial charge in [0.1, 0.15) is 12.1 Å². The van der Waals surface area contributed by atoms with Crippen LogP contribution in [-0.4, -0.2) is 80.7 Å². The van der Waals surface area contributed by atoms with Gasteiger partial charge in [-0.2, -0.15) is 25.3 Å². The highest BCUT2D eigenvalue weighted by Crippen LogP contribution is 2.24. The molecule has 2 atom stereocenters. The third kappa shape index (κ3) is 6.36. The fourth-order valence-corrected chi connectivity index (χ4v) is 3.25. The molecule has 6 nitrogen and oxygen atoms in total. The second-order valence-electron chi connectivity index (χ2n) is 6.75. The van der Waals surface area contributed by atoms with E-state index >= 15 is 0 Å². The van der Waals surface area contributed by atoms with Crippen LogP contribution in [0.3, 0.4) is 0 Å². The minimum Gasteiger partial charge on any atom is -0.480 e. The van der Waals surface area contributed by atoms with Gasteiger partial charge in [-0.15, -0.1) is 0 Å². The van der Waals surface area contributed by atoms with E-state index in [0.29, 0.717) is 13.1 Å². The molecule has 0 saturated heterocycles. The Bertz CT molecular complexity index is 367. The number of nitrogens with zero attached hydrogens (tertiary/aromatic N) is 2. The highest BCUT2D eigenvalue weighted by Gasteiger charge is 2.38. The van der Waals surface area contributed by atoms with Crippen molar-refractivity contribution in [3.8, 4) is 0 Å². The molecule has 8 heteroatoms. The lowest BCUT2D eigenvalue weighted by Crippen LogP contribution is -2.55. The average molecular weight is 353 g/mol. The van der Waals surface area contributed by atoms with Crippen LogP contribution in [0.15, 0.2) is 0 Å². The number of hydrogen-bond donors (Lipinski definition) is 4. The Kier molecular flexibility index (Phi) is 7.74. The maximum Gasteiger partial charge on any atom is 0.322 e. The third-order valence-electron chi connectivity index (χ3n) is 3.49. The first-order chi connectivity index (χ1) is 9.69. The van der Waals surface area contributed by atoms with E-state index in [1.807, 2.05) is 0 Å². The molecular formula is C14H28N2O4S2. The van der Waals surface area contributed by atoms with Gasteiger partial charge in [-0.25, -0.2) is 0 Å². The first-order valence-electron chi connectivity index (χ1n) is 7.00. The Balaban J connectivity index is 4.91. The van der Waals surface area contributed by atoms with Crippen LogP contribution in [0.4, 0.5) is 0 Å². The van der Waals surface area contributed by atoms with Gasteiger partial charge >= 0.3 is 11.9 Å². The molecule has 0 radical (unpaired) electrons. The van der Waals surface area contributed by atoms with Gasteiger partial charge in [0.05, 0.1) is 0 Å². The van der Waals surface area contributed by atoms with Gasteiger partial charge in [-0.3, -0.25) is 19.4 Å². The normalized spacial score (nSPS) is 15.9. The minimum atomic E-state index is -0.950. The molecule has 0 aromatic heterocycles. The molecule has 130 valence electrons. The highest BCUT2D eigenvalue weighted by molar-refractivity contribution is 7.82. The van der Waals surface area contributed by atoms with Crippen molar-refractivity contribution in [1.29, 1.82) is 0 Å². The maximum absolute atomic E-state index is 11.4. The summed E-state index contributed by atoms with van der Waals surface area (Å²) in [6.45, 7) is 7.78. The molecule has 22 heavy (non-hydrogen) atoms. The molecule has 0 aromatic rings. The summed E-state index contributed by atoms with van der Waals surface area (Å²) in [5.41, 5.74) is 0. The molecule has 0 heterocycles. The number of likely N-dealkylation sites (N-methyl/N-ethyl adjacent to an activating group) is 2. The molecule has 2 N–H and O–H groups in total. The Morgan fingerprint density at radius 2 is 1.09 bits per heavy atom. The topological polar surface area (TPSA) is 81.1 Å². The standard InChI is InChI=1S/C14H28N2O4S2/c1-13(2,21)9(11(17)18)15(5)7-8-16(6)10(12(19)20)14(3,4)22/h9-10,21-22H,7-8H2,1-6H3,(H,17,18)(H,19,20). The maximum atomic E-state index is 11.4. The van der Waals surface area contributed by atoms with Crippen molar-refractivity contribution >= 4 is 37.2 Å². The van der Waals surface area contributed by atoms with Crippen LogP contribution in [0.25, 0.3) is 0 Å². The second kappa shape index (κ2) is 7.90. The zero-order valence-electron chi connectivity index (χ0n) is 14.1. The zero-order valence-corrected chi connectivity index (χ0v) is 15.9. The van der Waals surface area contributed by atoms with E-state index in [1.165, 1.54) is 0 Å². The van der Waals surface area contributed by atoms with Gasteiger partial charge in [0, 0.05) is 22.6 Å². The summed E-state index contributed by atoms with van der Waals surface area (Å²) in [4.78, 5) is 26.2. The first kappa shape index (κ1) is 21.6. The fourth-order valence-electron chi connectivity index (χ4n) is 2.63. The molecule has 0 aliphatic carbocycles. The molecule has 0 aromatic carbocycles. The van der Waals surface area contributed by atoms with Crippen LogP contribution in [0.1, 0.15) is 27.7 Å². The van der Waals surface area contributed by atoms with Gasteiger partial charge in [-0.1, -0.05) is 0 Å². The Labute approximate surface area is 143 Å². The number of rotatable bonds is 9. The van der Waals surface area contributed by atoms with Crippen molar-refractivity contribution < 1.29 is 19.8 Å². The summed E-state index contributed by atoms with van der Waals surface area (Å²) in [5.74, 6) is -1.90. The van der Waals surface area contributed by atoms with Crippen LogP contribution in [-0.2, 0) is 9.59 Å². The summed E-state index contributed by atoms with van der Waals surface area (Å²) in [6.07, 6.45) is 0. The number of aliphatic carboxylic acids is 2. The predicted octanol–water partition coefficient (Wildman–Crippen LogP) is 1.17. The molecule has 2 unspecified atom stereocenters. The van der Waals surface area contributed by atoms with E-state index in [9.17, 15) is 19.8 Å². The summed E-state index contributed by atoms with van der Waals surface area (Å²) in [6, 6.07) is -1.53. The average Bonchev–Trinajstić information content (AvgIpc) is 2.20. The predicted molar refractivity (Wildman–Crippen MR) is 94.2 cm³/mol. The summed E-state index contributed by atoms with van der Waals surface area (Å²) < 4.78 is -1.43. The van der Waals surface area contributed by atoms with Crippen molar-refractivity contribution in [2.75, 3.05) is 27.2 Å². The van der Waals surface area contributed by atoms with Gasteiger partial charge < -0.3 is 10.2 Å². The van der Waals surface area contributed by atoms with E-state index in [2.05, 4.69) is 25.3 Å². The number of carboxylic acid groups (broad SMARTS) is 2. The molecule has 0 saturated carbocycles. The van der Waals surface area contributed by atoms with Crippen molar-refractivity contribution in [1.82, 2.24) is 9.80 Å². The lowest BCUT2D eigenvalue weighted by Gasteiger charge is -2.37. The quantitative estimate of drug-likeness (QED) is 0.467. The Morgan fingerprint density at radius 1 is 0.864 bits per heavy atom. The third-order valence-corrected chi connectivity index (χ3v) is 3.98. The second-order valence-corrected chi connectivity index (χ2v) is 9.06. The van der Waals surface area contributed by atoms with Crippen molar-refractivity contribution in [3.05, 3.63) is 0 Å². The molecular weight excluding hydrogens is 324 g/mol. The molecule has 0 aliphatic heterocycles. The minimum absolute atomic E-state index is 0.408. The van der Waals surface area contributed by atoms with Crippen LogP contribution >= 0.6 is 25.3 Å². The fraction of sp³-hybridized carbons (Fsp3) is 0.857. The first-order valence-corrected chi connectivity index (χ1v) is 7.90. The Morgan fingerprint density at radius 3 is 1.23 bits per heavy atom. The SMILES string of the molecule is CN(CCN(C)C(C(=O)O)C(C)(C)S)C(C(=O)O)C(C)(C)S. The molecule has 0 fully saturated rings. The van der Waals surface area contributed by atoms with Gasteiger partial charge in [0.25, 0.3) is 0 Å². The number of carboxylic acids is 2. The molecule has 0 aliphatic rings. The largest absolute Gasteiger partial charge is 0.480 e. The summed E-state index contributed by atoms with van der Waals surface area (Å²) in [7, 11) is 3.40. The van der Waals surface area contributed by atoms with Crippen molar-refractivity contribution in [3.63, 3.8) is 0 Å². The Hall–Kier alpha value is -0.440. The van der Waals surface area contributed by atoms with Gasteiger partial charge in [0.15, 0.2) is 0 Å². The zero-order chi connectivity index (χ0) is 17.9. The van der Waals surface area contributed by atoms with Crippen LogP contribution < -0.4 is 0 Å². The summed E-state index contributed by atoms with van der Waals surface area (Å²) in [5, 5.41) is 18.7. The highest BCUT2D eigenvalue weighted by atomic mass is 32.1. The summed E-state index contributed by atoms with van der Waals surface area (Å²) >= 11 is 8.70. The van der Waals surface area contributed by atoms with E-state index in [1.54, 1.807) is 51.6 Å². The van der Waals surface area contributed by atoms with E-state index in [0.717, 1.165) is 0 Å². The van der Waals surface area contributed by atoms with Crippen molar-refractivity contribution in [2.24, 2.45) is 0 Å². The van der Waals surface area contributed by atoms with Crippen molar-refractivity contribution in [2.45, 2.75) is 49.3 Å². The molecule has 0 spiro atoms. The lowest BCUT2D eigenvalue weighted by molar-refractivity contribution is -0.146. The van der Waals surface area contributed by atoms with E-state index in [-0.39, 0.29) is 0 Å². The number of carbonyl (C=O) groups is 2. The smallest absolute Gasteiger partial charge is 0.322 e. The van der Waals surface area contributed by atoms with E-state index in [4.69, 9.17) is 0 Å². The molecule has 0 bridgehead atoms. The lowest BCUT2D eigenvalue weighted by atomic mass is 10.0.